The summed E-state index contributed by atoms with van der Waals surface area (Å²) in [6.07, 6.45) is 1.91. The molecule has 0 rings (SSSR count). The second kappa shape index (κ2) is 5.35. The summed E-state index contributed by atoms with van der Waals surface area (Å²) >= 11 is 0. The summed E-state index contributed by atoms with van der Waals surface area (Å²) in [6, 6.07) is 0. The second-order valence-corrected chi connectivity index (χ2v) is 2.14. The van der Waals surface area contributed by atoms with E-state index in [0.717, 1.165) is 0 Å². The molecule has 68 valence electrons. The van der Waals surface area contributed by atoms with Crippen LogP contribution in [-0.4, -0.2) is 23.7 Å². The monoisotopic (exact) mass is 172 g/mol. The lowest BCUT2D eigenvalue weighted by molar-refractivity contribution is -0.144. The van der Waals surface area contributed by atoms with Crippen LogP contribution in [0.25, 0.3) is 0 Å². The maximum absolute atomic E-state index is 10.9. The predicted molar refractivity (Wildman–Crippen MR) is 42.6 cm³/mol. The van der Waals surface area contributed by atoms with Crippen LogP contribution in [0.4, 0.5) is 0 Å². The number of esters is 1. The van der Waals surface area contributed by atoms with Crippen LogP contribution in [0.15, 0.2) is 11.6 Å². The van der Waals surface area contributed by atoms with Crippen molar-refractivity contribution in [3.05, 3.63) is 11.6 Å². The van der Waals surface area contributed by atoms with E-state index >= 15 is 0 Å². The SMILES string of the molecule is CC=C(C(=O)O)C(=O)OCCC. The first kappa shape index (κ1) is 10.7. The Hall–Kier alpha value is -1.32. The molecule has 4 heteroatoms. The van der Waals surface area contributed by atoms with Crippen molar-refractivity contribution in [3.8, 4) is 0 Å². The largest absolute Gasteiger partial charge is 0.477 e. The predicted octanol–water partition coefficient (Wildman–Crippen LogP) is 0.970. The first-order valence-electron chi connectivity index (χ1n) is 3.70. The van der Waals surface area contributed by atoms with Crippen molar-refractivity contribution in [2.45, 2.75) is 20.3 Å². The molecule has 0 aromatic heterocycles. The van der Waals surface area contributed by atoms with Gasteiger partial charge in [-0.1, -0.05) is 13.0 Å². The topological polar surface area (TPSA) is 63.6 Å². The molecule has 0 heterocycles. The lowest BCUT2D eigenvalue weighted by Gasteiger charge is -2.01. The number of carbonyl (C=O) groups is 2. The minimum Gasteiger partial charge on any atom is -0.477 e. The molecular formula is C8H12O4. The van der Waals surface area contributed by atoms with Crippen molar-refractivity contribution in [3.63, 3.8) is 0 Å². The lowest BCUT2D eigenvalue weighted by Crippen LogP contribution is -2.15. The molecule has 0 atom stereocenters. The van der Waals surface area contributed by atoms with Crippen molar-refractivity contribution in [2.24, 2.45) is 0 Å². The van der Waals surface area contributed by atoms with Gasteiger partial charge in [0.15, 0.2) is 0 Å². The van der Waals surface area contributed by atoms with E-state index in [9.17, 15) is 9.59 Å². The Labute approximate surface area is 70.8 Å². The normalized spacial score (nSPS) is 11.0. The Balaban J connectivity index is 4.15. The summed E-state index contributed by atoms with van der Waals surface area (Å²) in [5.74, 6) is -2.02. The number of ether oxygens (including phenoxy) is 1. The maximum atomic E-state index is 10.9. The standard InChI is InChI=1S/C8H12O4/c1-3-5-12-8(11)6(4-2)7(9)10/h4H,3,5H2,1-2H3,(H,9,10). The number of carbonyl (C=O) groups excluding carboxylic acids is 1. The van der Waals surface area contributed by atoms with Gasteiger partial charge in [0.1, 0.15) is 5.57 Å². The molecule has 12 heavy (non-hydrogen) atoms. The number of hydrogen-bond acceptors (Lipinski definition) is 3. The quantitative estimate of drug-likeness (QED) is 0.297. The van der Waals surface area contributed by atoms with Crippen LogP contribution in [0.1, 0.15) is 20.3 Å². The van der Waals surface area contributed by atoms with Gasteiger partial charge >= 0.3 is 11.9 Å². The Morgan fingerprint density at radius 1 is 1.50 bits per heavy atom. The number of rotatable bonds is 4. The van der Waals surface area contributed by atoms with Crippen LogP contribution in [-0.2, 0) is 14.3 Å². The number of carboxylic acid groups (broad SMARTS) is 1. The molecule has 1 N–H and O–H groups in total. The summed E-state index contributed by atoms with van der Waals surface area (Å²) in [7, 11) is 0. The molecule has 0 aromatic rings. The van der Waals surface area contributed by atoms with Crippen molar-refractivity contribution < 1.29 is 19.4 Å². The third-order valence-corrected chi connectivity index (χ3v) is 1.18. The fraction of sp³-hybridized carbons (Fsp3) is 0.500. The number of allylic oxidation sites excluding steroid dienone is 1. The van der Waals surface area contributed by atoms with E-state index in [-0.39, 0.29) is 12.2 Å². The summed E-state index contributed by atoms with van der Waals surface area (Å²) < 4.78 is 4.62. The number of hydrogen-bond donors (Lipinski definition) is 1. The number of carboxylic acids is 1. The highest BCUT2D eigenvalue weighted by molar-refractivity contribution is 6.13. The van der Waals surface area contributed by atoms with Crippen molar-refractivity contribution in [2.75, 3.05) is 6.61 Å². The molecule has 0 aliphatic rings. The summed E-state index contributed by atoms with van der Waals surface area (Å²) in [5, 5.41) is 8.47. The van der Waals surface area contributed by atoms with Gasteiger partial charge < -0.3 is 9.84 Å². The highest BCUT2D eigenvalue weighted by Crippen LogP contribution is 1.98. The van der Waals surface area contributed by atoms with E-state index in [1.165, 1.54) is 13.0 Å². The molecule has 0 radical (unpaired) electrons. The van der Waals surface area contributed by atoms with Gasteiger partial charge in [-0.15, -0.1) is 0 Å². The van der Waals surface area contributed by atoms with Gasteiger partial charge in [0.05, 0.1) is 6.61 Å². The molecular weight excluding hydrogens is 160 g/mol. The zero-order chi connectivity index (χ0) is 9.56. The van der Waals surface area contributed by atoms with Gasteiger partial charge in [-0.25, -0.2) is 9.59 Å². The number of aliphatic carboxylic acids is 1. The molecule has 4 nitrogen and oxygen atoms in total. The molecule has 0 amide bonds. The molecule has 0 fully saturated rings. The van der Waals surface area contributed by atoms with Crippen LogP contribution in [0, 0.1) is 0 Å². The lowest BCUT2D eigenvalue weighted by atomic mass is 10.2. The van der Waals surface area contributed by atoms with Gasteiger partial charge in [-0.2, -0.15) is 0 Å². The first-order valence-corrected chi connectivity index (χ1v) is 3.70. The molecule has 0 aliphatic heterocycles. The summed E-state index contributed by atoms with van der Waals surface area (Å²) in [4.78, 5) is 21.3. The average molecular weight is 172 g/mol. The molecule has 0 unspecified atom stereocenters. The van der Waals surface area contributed by atoms with Crippen molar-refractivity contribution in [1.82, 2.24) is 0 Å². The molecule has 0 spiro atoms. The Kier molecular flexibility index (Phi) is 4.76. The molecule has 0 saturated carbocycles. The third kappa shape index (κ3) is 3.18. The highest BCUT2D eigenvalue weighted by atomic mass is 16.5. The van der Waals surface area contributed by atoms with Crippen molar-refractivity contribution >= 4 is 11.9 Å². The van der Waals surface area contributed by atoms with E-state index in [1.807, 2.05) is 6.92 Å². The fourth-order valence-electron chi connectivity index (χ4n) is 0.601. The Bertz CT molecular complexity index is 205. The first-order chi connectivity index (χ1) is 5.63. The summed E-state index contributed by atoms with van der Waals surface area (Å²) in [6.45, 7) is 3.57. The van der Waals surface area contributed by atoms with Crippen LogP contribution in [0.2, 0.25) is 0 Å². The zero-order valence-electron chi connectivity index (χ0n) is 7.16. The maximum Gasteiger partial charge on any atom is 0.345 e. The summed E-state index contributed by atoms with van der Waals surface area (Å²) in [5.41, 5.74) is -0.316. The molecule has 0 aromatic carbocycles. The van der Waals surface area contributed by atoms with E-state index in [0.29, 0.717) is 6.42 Å². The molecule has 0 saturated heterocycles. The third-order valence-electron chi connectivity index (χ3n) is 1.18. The Morgan fingerprint density at radius 2 is 2.08 bits per heavy atom. The van der Waals surface area contributed by atoms with E-state index < -0.39 is 11.9 Å². The van der Waals surface area contributed by atoms with Crippen LogP contribution in [0.5, 0.6) is 0 Å². The van der Waals surface area contributed by atoms with E-state index in [1.54, 1.807) is 0 Å². The average Bonchev–Trinajstić information content (AvgIpc) is 2.01. The van der Waals surface area contributed by atoms with Gasteiger partial charge in [0.25, 0.3) is 0 Å². The van der Waals surface area contributed by atoms with Gasteiger partial charge in [0, 0.05) is 0 Å². The molecule has 0 aliphatic carbocycles. The Morgan fingerprint density at radius 3 is 2.42 bits per heavy atom. The van der Waals surface area contributed by atoms with E-state index in [4.69, 9.17) is 5.11 Å². The van der Waals surface area contributed by atoms with Crippen molar-refractivity contribution in [1.29, 1.82) is 0 Å². The van der Waals surface area contributed by atoms with Gasteiger partial charge in [-0.3, -0.25) is 0 Å². The van der Waals surface area contributed by atoms with Gasteiger partial charge in [0.2, 0.25) is 0 Å². The van der Waals surface area contributed by atoms with Gasteiger partial charge in [-0.05, 0) is 13.3 Å². The highest BCUT2D eigenvalue weighted by Gasteiger charge is 2.16. The zero-order valence-corrected chi connectivity index (χ0v) is 7.16. The fourth-order valence-corrected chi connectivity index (χ4v) is 0.601. The minimum absolute atomic E-state index is 0.253. The molecule has 0 bridgehead atoms. The van der Waals surface area contributed by atoms with Crippen LogP contribution in [0.3, 0.4) is 0 Å². The van der Waals surface area contributed by atoms with Crippen LogP contribution >= 0.6 is 0 Å². The van der Waals surface area contributed by atoms with Crippen LogP contribution < -0.4 is 0 Å². The van der Waals surface area contributed by atoms with E-state index in [2.05, 4.69) is 4.74 Å². The second-order valence-electron chi connectivity index (χ2n) is 2.14. The minimum atomic E-state index is -1.25. The smallest absolute Gasteiger partial charge is 0.345 e.